The number of carboxylic acids is 1. The van der Waals surface area contributed by atoms with Crippen molar-refractivity contribution in [3.63, 3.8) is 0 Å². The van der Waals surface area contributed by atoms with E-state index in [-0.39, 0.29) is 29.3 Å². The summed E-state index contributed by atoms with van der Waals surface area (Å²) in [6, 6.07) is 0. The summed E-state index contributed by atoms with van der Waals surface area (Å²) in [6.45, 7) is 4.38. The number of unbranched alkanes of at least 4 members (excludes halogenated alkanes) is 11. The highest BCUT2D eigenvalue weighted by Gasteiger charge is 2.36. The molecule has 0 spiro atoms. The molecule has 0 aliphatic heterocycles. The molecule has 2 N–H and O–H groups in total. The lowest BCUT2D eigenvalue weighted by molar-refractivity contribution is -0.140. The zero-order valence-corrected chi connectivity index (χ0v) is 21.2. The van der Waals surface area contributed by atoms with Crippen LogP contribution in [0, 0.1) is 5.92 Å². The molecule has 1 rings (SSSR count). The van der Waals surface area contributed by atoms with E-state index in [2.05, 4.69) is 13.0 Å². The van der Waals surface area contributed by atoms with Gasteiger partial charge < -0.3 is 14.9 Å². The lowest BCUT2D eigenvalue weighted by Crippen LogP contribution is -2.39. The molecule has 5 nitrogen and oxygen atoms in total. The third-order valence-corrected chi connectivity index (χ3v) is 7.64. The Morgan fingerprint density at radius 2 is 1.59 bits per heavy atom. The van der Waals surface area contributed by atoms with Crippen molar-refractivity contribution in [3.05, 3.63) is 11.6 Å². The standard InChI is InChI=1S/C26H46O5S/c1-3-5-6-7-8-9-10-11-12-13-14-15-16-21-17-18-22(19-23(27)28)25(30)26(21)32-20-24(29)31-4-2/h16,22,25-26,30H,3-15,17-20H2,1-2H3,(H,27,28)/b21-16+/t22-,25+,26+/m0/s1. The summed E-state index contributed by atoms with van der Waals surface area (Å²) in [6.07, 6.45) is 18.4. The number of rotatable bonds is 18. The predicted molar refractivity (Wildman–Crippen MR) is 133 cm³/mol. The van der Waals surface area contributed by atoms with Crippen LogP contribution in [0.1, 0.15) is 110 Å². The number of esters is 1. The largest absolute Gasteiger partial charge is 0.481 e. The van der Waals surface area contributed by atoms with Crippen LogP contribution >= 0.6 is 11.8 Å². The van der Waals surface area contributed by atoms with E-state index in [1.165, 1.54) is 81.5 Å². The van der Waals surface area contributed by atoms with E-state index < -0.39 is 12.1 Å². The van der Waals surface area contributed by atoms with Crippen LogP contribution in [0.15, 0.2) is 11.6 Å². The Hall–Kier alpha value is -1.01. The van der Waals surface area contributed by atoms with E-state index in [4.69, 9.17) is 9.84 Å². The highest BCUT2D eigenvalue weighted by molar-refractivity contribution is 8.00. The van der Waals surface area contributed by atoms with Crippen molar-refractivity contribution in [2.75, 3.05) is 12.4 Å². The zero-order valence-electron chi connectivity index (χ0n) is 20.4. The number of allylic oxidation sites excluding steroid dienone is 1. The molecule has 0 aromatic carbocycles. The van der Waals surface area contributed by atoms with Crippen molar-refractivity contribution in [1.82, 2.24) is 0 Å². The van der Waals surface area contributed by atoms with Gasteiger partial charge in [-0.25, -0.2) is 0 Å². The smallest absolute Gasteiger partial charge is 0.315 e. The monoisotopic (exact) mass is 470 g/mol. The molecule has 0 bridgehead atoms. The Kier molecular flexibility index (Phi) is 16.7. The van der Waals surface area contributed by atoms with Gasteiger partial charge in [0.15, 0.2) is 0 Å². The average molecular weight is 471 g/mol. The van der Waals surface area contributed by atoms with Crippen molar-refractivity contribution < 1.29 is 24.5 Å². The number of thioether (sulfide) groups is 1. The second-order valence-corrected chi connectivity index (χ2v) is 10.2. The van der Waals surface area contributed by atoms with Crippen LogP contribution in [0.25, 0.3) is 0 Å². The number of carboxylic acid groups (broad SMARTS) is 1. The molecule has 186 valence electrons. The van der Waals surface area contributed by atoms with Crippen LogP contribution in [0.5, 0.6) is 0 Å². The Morgan fingerprint density at radius 3 is 2.16 bits per heavy atom. The summed E-state index contributed by atoms with van der Waals surface area (Å²) in [5.41, 5.74) is 1.17. The van der Waals surface area contributed by atoms with E-state index in [0.29, 0.717) is 13.0 Å². The number of aliphatic carboxylic acids is 1. The quantitative estimate of drug-likeness (QED) is 0.135. The summed E-state index contributed by atoms with van der Waals surface area (Å²) < 4.78 is 5.02. The average Bonchev–Trinajstić information content (AvgIpc) is 2.75. The summed E-state index contributed by atoms with van der Waals surface area (Å²) in [7, 11) is 0. The molecule has 1 aliphatic rings. The van der Waals surface area contributed by atoms with Gasteiger partial charge in [-0.15, -0.1) is 11.8 Å². The van der Waals surface area contributed by atoms with Crippen molar-refractivity contribution >= 4 is 23.7 Å². The van der Waals surface area contributed by atoms with Crippen molar-refractivity contribution in [2.45, 2.75) is 122 Å². The van der Waals surface area contributed by atoms with Gasteiger partial charge in [-0.1, -0.05) is 82.8 Å². The zero-order chi connectivity index (χ0) is 23.6. The number of aliphatic hydroxyl groups is 1. The minimum Gasteiger partial charge on any atom is -0.481 e. The third-order valence-electron chi connectivity index (χ3n) is 6.30. The van der Waals surface area contributed by atoms with Crippen molar-refractivity contribution in [3.8, 4) is 0 Å². The fourth-order valence-electron chi connectivity index (χ4n) is 4.46. The number of ether oxygens (including phenoxy) is 1. The second kappa shape index (κ2) is 18.4. The van der Waals surface area contributed by atoms with Gasteiger partial charge in [0.05, 0.1) is 30.1 Å². The first-order valence-corrected chi connectivity index (χ1v) is 13.9. The van der Waals surface area contributed by atoms with Gasteiger partial charge >= 0.3 is 11.9 Å². The molecule has 0 aromatic rings. The lowest BCUT2D eigenvalue weighted by Gasteiger charge is -2.36. The molecule has 0 amide bonds. The van der Waals surface area contributed by atoms with Gasteiger partial charge in [-0.2, -0.15) is 0 Å². The Labute approximate surface area is 199 Å². The van der Waals surface area contributed by atoms with Gasteiger partial charge in [0.1, 0.15) is 0 Å². The Morgan fingerprint density at radius 1 is 1.00 bits per heavy atom. The Bertz CT molecular complexity index is 548. The van der Waals surface area contributed by atoms with Gasteiger partial charge in [0.2, 0.25) is 0 Å². The number of carbonyl (C=O) groups excluding carboxylic acids is 1. The molecular formula is C26H46O5S. The van der Waals surface area contributed by atoms with Crippen LogP contribution in [0.3, 0.4) is 0 Å². The van der Waals surface area contributed by atoms with E-state index in [0.717, 1.165) is 19.3 Å². The van der Waals surface area contributed by atoms with Crippen LogP contribution in [0.2, 0.25) is 0 Å². The van der Waals surface area contributed by atoms with Gasteiger partial charge in [-0.3, -0.25) is 9.59 Å². The van der Waals surface area contributed by atoms with Gasteiger partial charge in [0, 0.05) is 0 Å². The molecule has 0 aromatic heterocycles. The van der Waals surface area contributed by atoms with E-state index in [1.54, 1.807) is 6.92 Å². The van der Waals surface area contributed by atoms with Crippen LogP contribution < -0.4 is 0 Å². The molecule has 0 radical (unpaired) electrons. The second-order valence-electron chi connectivity index (χ2n) is 9.03. The highest BCUT2D eigenvalue weighted by atomic mass is 32.2. The summed E-state index contributed by atoms with van der Waals surface area (Å²) in [5, 5.41) is 19.7. The first kappa shape index (κ1) is 29.0. The molecular weight excluding hydrogens is 424 g/mol. The fraction of sp³-hybridized carbons (Fsp3) is 0.846. The first-order chi connectivity index (χ1) is 15.5. The summed E-state index contributed by atoms with van der Waals surface area (Å²) in [5.74, 6) is -1.23. The minimum absolute atomic E-state index is 0.0243. The van der Waals surface area contributed by atoms with Crippen LogP contribution in [0.4, 0.5) is 0 Å². The lowest BCUT2D eigenvalue weighted by atomic mass is 9.80. The number of carbonyl (C=O) groups is 2. The maximum Gasteiger partial charge on any atom is 0.315 e. The molecule has 0 saturated heterocycles. The van der Waals surface area contributed by atoms with Crippen LogP contribution in [-0.2, 0) is 14.3 Å². The summed E-state index contributed by atoms with van der Waals surface area (Å²) in [4.78, 5) is 22.9. The molecule has 6 heteroatoms. The normalized spacial score (nSPS) is 22.2. The molecule has 1 fully saturated rings. The maximum atomic E-state index is 11.8. The van der Waals surface area contributed by atoms with Crippen molar-refractivity contribution in [2.24, 2.45) is 5.92 Å². The fourth-order valence-corrected chi connectivity index (χ4v) is 5.71. The molecule has 0 unspecified atom stereocenters. The number of aliphatic hydroxyl groups excluding tert-OH is 1. The summed E-state index contributed by atoms with van der Waals surface area (Å²) >= 11 is 1.39. The molecule has 1 saturated carbocycles. The van der Waals surface area contributed by atoms with Crippen LogP contribution in [-0.4, -0.2) is 45.9 Å². The first-order valence-electron chi connectivity index (χ1n) is 12.9. The maximum absolute atomic E-state index is 11.8. The van der Waals surface area contributed by atoms with Crippen molar-refractivity contribution in [1.29, 1.82) is 0 Å². The minimum atomic E-state index is -0.878. The third kappa shape index (κ3) is 12.9. The topological polar surface area (TPSA) is 83.8 Å². The Balaban J connectivity index is 2.37. The van der Waals surface area contributed by atoms with Gasteiger partial charge in [-0.05, 0) is 38.5 Å². The molecule has 3 atom stereocenters. The predicted octanol–water partition coefficient (Wildman–Crippen LogP) is 6.52. The van der Waals surface area contributed by atoms with E-state index in [9.17, 15) is 14.7 Å². The molecule has 32 heavy (non-hydrogen) atoms. The molecule has 1 aliphatic carbocycles. The number of hydrogen-bond donors (Lipinski definition) is 2. The number of hydrogen-bond acceptors (Lipinski definition) is 5. The van der Waals surface area contributed by atoms with Gasteiger partial charge in [0.25, 0.3) is 0 Å². The highest BCUT2D eigenvalue weighted by Crippen LogP contribution is 2.38. The van der Waals surface area contributed by atoms with E-state index in [1.807, 2.05) is 0 Å². The SMILES string of the molecule is CCCCCCCCCCCCC/C=C1\CC[C@@H](CC(=O)O)[C@@H](O)[C@@H]1SCC(=O)OCC. The molecule has 0 heterocycles. The van der Waals surface area contributed by atoms with E-state index >= 15 is 0 Å².